The predicted molar refractivity (Wildman–Crippen MR) is 77.8 cm³/mol. The number of nitrogens with two attached hydrogens (primary N) is 1. The molecule has 0 aromatic heterocycles. The van der Waals surface area contributed by atoms with Crippen molar-refractivity contribution in [3.8, 4) is 0 Å². The Labute approximate surface area is 116 Å². The lowest BCUT2D eigenvalue weighted by Gasteiger charge is -2.42. The second kappa shape index (κ2) is 6.06. The summed E-state index contributed by atoms with van der Waals surface area (Å²) in [6.07, 6.45) is 5.91. The van der Waals surface area contributed by atoms with E-state index in [2.05, 4.69) is 18.4 Å². The molecule has 2 rings (SSSR count). The number of nitrogens with zero attached hydrogens (tertiary/aromatic N) is 2. The summed E-state index contributed by atoms with van der Waals surface area (Å²) in [6, 6.07) is 0. The molecule has 1 aliphatic carbocycles. The van der Waals surface area contributed by atoms with Gasteiger partial charge in [0.25, 0.3) is 0 Å². The zero-order chi connectivity index (χ0) is 13.9. The summed E-state index contributed by atoms with van der Waals surface area (Å²) in [6.45, 7) is 10.4. The number of amides is 1. The lowest BCUT2D eigenvalue weighted by atomic mass is 9.76. The Hall–Kier alpha value is -0.870. The van der Waals surface area contributed by atoms with Gasteiger partial charge in [0.15, 0.2) is 0 Å². The quantitative estimate of drug-likeness (QED) is 0.781. The number of hydrogen-bond acceptors (Lipinski definition) is 3. The Morgan fingerprint density at radius 1 is 1.42 bits per heavy atom. The van der Waals surface area contributed by atoms with Crippen LogP contribution < -0.4 is 5.73 Å². The molecule has 0 aromatic rings. The molecule has 0 aromatic carbocycles. The summed E-state index contributed by atoms with van der Waals surface area (Å²) >= 11 is 0. The van der Waals surface area contributed by atoms with Crippen LogP contribution in [0.3, 0.4) is 0 Å². The number of carbonyl (C=O) groups excluding carboxylic acids is 1. The molecule has 2 aliphatic rings. The molecule has 2 atom stereocenters. The minimum Gasteiger partial charge on any atom is -0.339 e. The molecule has 1 heterocycles. The van der Waals surface area contributed by atoms with Gasteiger partial charge in [0.2, 0.25) is 5.91 Å². The third kappa shape index (κ3) is 3.37. The summed E-state index contributed by atoms with van der Waals surface area (Å²) in [7, 11) is 0. The van der Waals surface area contributed by atoms with Crippen LogP contribution in [0.4, 0.5) is 0 Å². The van der Waals surface area contributed by atoms with E-state index in [4.69, 9.17) is 5.73 Å². The minimum absolute atomic E-state index is 0.178. The van der Waals surface area contributed by atoms with Crippen molar-refractivity contribution in [2.24, 2.45) is 11.7 Å². The third-order valence-corrected chi connectivity index (χ3v) is 4.51. The second-order valence-corrected chi connectivity index (χ2v) is 6.24. The molecule has 0 spiro atoms. The number of carbonyl (C=O) groups is 1. The van der Waals surface area contributed by atoms with E-state index in [0.29, 0.717) is 5.92 Å². The predicted octanol–water partition coefficient (Wildman–Crippen LogP) is 1.22. The molecule has 2 fully saturated rings. The summed E-state index contributed by atoms with van der Waals surface area (Å²) < 4.78 is 0. The van der Waals surface area contributed by atoms with Crippen molar-refractivity contribution in [2.75, 3.05) is 32.7 Å². The van der Waals surface area contributed by atoms with Crippen LogP contribution in [0.25, 0.3) is 0 Å². The van der Waals surface area contributed by atoms with E-state index in [1.165, 1.54) is 6.42 Å². The maximum absolute atomic E-state index is 12.6. The molecular weight excluding hydrogens is 238 g/mol. The van der Waals surface area contributed by atoms with Crippen molar-refractivity contribution in [3.05, 3.63) is 12.7 Å². The molecule has 108 valence electrons. The van der Waals surface area contributed by atoms with Crippen LogP contribution in [-0.2, 0) is 4.79 Å². The van der Waals surface area contributed by atoms with E-state index in [-0.39, 0.29) is 5.91 Å². The van der Waals surface area contributed by atoms with E-state index in [9.17, 15) is 4.79 Å². The molecular formula is C15H27N3O. The van der Waals surface area contributed by atoms with Crippen LogP contribution in [0, 0.1) is 5.92 Å². The van der Waals surface area contributed by atoms with Crippen molar-refractivity contribution in [2.45, 2.75) is 38.1 Å². The van der Waals surface area contributed by atoms with Gasteiger partial charge in [-0.15, -0.1) is 6.58 Å². The lowest BCUT2D eigenvalue weighted by molar-refractivity contribution is -0.140. The van der Waals surface area contributed by atoms with Gasteiger partial charge in [-0.05, 0) is 18.8 Å². The Kier molecular flexibility index (Phi) is 4.63. The first-order chi connectivity index (χ1) is 9.05. The zero-order valence-corrected chi connectivity index (χ0v) is 12.1. The van der Waals surface area contributed by atoms with Gasteiger partial charge in [0.1, 0.15) is 0 Å². The standard InChI is InChI=1S/C15H27N3O/c1-3-7-17-8-10-18(11-9-17)14(19)15(16)6-4-5-13(2)12-15/h3,13H,1,4-12,16H2,2H3. The first-order valence-corrected chi connectivity index (χ1v) is 7.46. The minimum atomic E-state index is -0.599. The van der Waals surface area contributed by atoms with Gasteiger partial charge >= 0.3 is 0 Å². The maximum Gasteiger partial charge on any atom is 0.242 e. The van der Waals surface area contributed by atoms with E-state index in [0.717, 1.165) is 52.0 Å². The smallest absolute Gasteiger partial charge is 0.242 e. The zero-order valence-electron chi connectivity index (χ0n) is 12.1. The fourth-order valence-electron chi connectivity index (χ4n) is 3.42. The average Bonchev–Trinajstić information content (AvgIpc) is 2.39. The van der Waals surface area contributed by atoms with Crippen molar-refractivity contribution in [1.82, 2.24) is 9.80 Å². The van der Waals surface area contributed by atoms with Crippen molar-refractivity contribution in [1.29, 1.82) is 0 Å². The molecule has 2 N–H and O–H groups in total. The van der Waals surface area contributed by atoms with E-state index < -0.39 is 5.54 Å². The molecule has 1 aliphatic heterocycles. The topological polar surface area (TPSA) is 49.6 Å². The van der Waals surface area contributed by atoms with Crippen LogP contribution in [0.5, 0.6) is 0 Å². The van der Waals surface area contributed by atoms with Crippen LogP contribution >= 0.6 is 0 Å². The van der Waals surface area contributed by atoms with E-state index in [1.54, 1.807) is 0 Å². The fourth-order valence-corrected chi connectivity index (χ4v) is 3.42. The first kappa shape index (κ1) is 14.5. The molecule has 19 heavy (non-hydrogen) atoms. The van der Waals surface area contributed by atoms with E-state index in [1.807, 2.05) is 11.0 Å². The maximum atomic E-state index is 12.6. The fraction of sp³-hybridized carbons (Fsp3) is 0.800. The molecule has 1 amide bonds. The van der Waals surface area contributed by atoms with Gasteiger partial charge in [-0.3, -0.25) is 9.69 Å². The molecule has 4 heteroatoms. The van der Waals surface area contributed by atoms with Crippen molar-refractivity contribution in [3.63, 3.8) is 0 Å². The van der Waals surface area contributed by atoms with E-state index >= 15 is 0 Å². The molecule has 0 radical (unpaired) electrons. The van der Waals surface area contributed by atoms with Crippen LogP contribution in [0.2, 0.25) is 0 Å². The van der Waals surface area contributed by atoms with Crippen LogP contribution in [-0.4, -0.2) is 54.0 Å². The average molecular weight is 265 g/mol. The van der Waals surface area contributed by atoms with Crippen molar-refractivity contribution >= 4 is 5.91 Å². The molecule has 1 saturated heterocycles. The SMILES string of the molecule is C=CCN1CCN(C(=O)C2(N)CCCC(C)C2)CC1. The highest BCUT2D eigenvalue weighted by atomic mass is 16.2. The lowest BCUT2D eigenvalue weighted by Crippen LogP contribution is -2.60. The summed E-state index contributed by atoms with van der Waals surface area (Å²) in [5.41, 5.74) is 5.80. The number of rotatable bonds is 3. The highest BCUT2D eigenvalue weighted by Crippen LogP contribution is 2.32. The summed E-state index contributed by atoms with van der Waals surface area (Å²) in [4.78, 5) is 16.9. The Morgan fingerprint density at radius 3 is 2.68 bits per heavy atom. The van der Waals surface area contributed by atoms with Gasteiger partial charge in [0, 0.05) is 32.7 Å². The van der Waals surface area contributed by atoms with Crippen LogP contribution in [0.15, 0.2) is 12.7 Å². The largest absolute Gasteiger partial charge is 0.339 e. The second-order valence-electron chi connectivity index (χ2n) is 6.24. The van der Waals surface area contributed by atoms with Gasteiger partial charge in [-0.1, -0.05) is 25.8 Å². The molecule has 1 saturated carbocycles. The molecule has 2 unspecified atom stereocenters. The summed E-state index contributed by atoms with van der Waals surface area (Å²) in [5.74, 6) is 0.752. The Bertz CT molecular complexity index is 336. The van der Waals surface area contributed by atoms with Crippen molar-refractivity contribution < 1.29 is 4.79 Å². The number of piperazine rings is 1. The Morgan fingerprint density at radius 2 is 2.11 bits per heavy atom. The van der Waals surface area contributed by atoms with Gasteiger partial charge in [-0.25, -0.2) is 0 Å². The number of hydrogen-bond donors (Lipinski definition) is 1. The van der Waals surface area contributed by atoms with Gasteiger partial charge in [0.05, 0.1) is 5.54 Å². The molecule has 0 bridgehead atoms. The highest BCUT2D eigenvalue weighted by Gasteiger charge is 2.41. The van der Waals surface area contributed by atoms with Gasteiger partial charge in [-0.2, -0.15) is 0 Å². The monoisotopic (exact) mass is 265 g/mol. The highest BCUT2D eigenvalue weighted by molar-refractivity contribution is 5.86. The summed E-state index contributed by atoms with van der Waals surface area (Å²) in [5, 5.41) is 0. The van der Waals surface area contributed by atoms with Crippen LogP contribution in [0.1, 0.15) is 32.6 Å². The first-order valence-electron chi connectivity index (χ1n) is 7.46. The van der Waals surface area contributed by atoms with Gasteiger partial charge < -0.3 is 10.6 Å². The molecule has 4 nitrogen and oxygen atoms in total. The third-order valence-electron chi connectivity index (χ3n) is 4.51. The Balaban J connectivity index is 1.91. The normalized spacial score (nSPS) is 33.2.